The standard InChI is InChI=1S/C22H23F3N6O2/c1-26-21(33)27-20(32)18(14-6-3-2-4-7-14)30-11-5-8-15(12-30)19-29-28-17-10-9-16(13-31(17)19)22(23,24)25/h2-4,6-7,9-10,13,15,18H,5,8,11-12H2,1H3,(H2,26,27,32,33)/t15-,18+/m1/s1. The second-order valence-corrected chi connectivity index (χ2v) is 7.92. The molecule has 2 atom stereocenters. The Kier molecular flexibility index (Phi) is 6.32. The molecule has 174 valence electrons. The van der Waals surface area contributed by atoms with E-state index in [-0.39, 0.29) is 5.92 Å². The molecule has 1 saturated heterocycles. The van der Waals surface area contributed by atoms with Crippen LogP contribution in [0, 0.1) is 0 Å². The van der Waals surface area contributed by atoms with Crippen LogP contribution in [0.25, 0.3) is 5.65 Å². The fraction of sp³-hybridized carbons (Fsp3) is 0.364. The van der Waals surface area contributed by atoms with Crippen molar-refractivity contribution in [1.29, 1.82) is 0 Å². The van der Waals surface area contributed by atoms with E-state index in [0.717, 1.165) is 12.3 Å². The molecule has 3 aromatic rings. The van der Waals surface area contributed by atoms with Crippen LogP contribution in [-0.2, 0) is 11.0 Å². The van der Waals surface area contributed by atoms with E-state index in [9.17, 15) is 22.8 Å². The zero-order valence-electron chi connectivity index (χ0n) is 17.8. The number of imide groups is 1. The third kappa shape index (κ3) is 4.82. The van der Waals surface area contributed by atoms with Crippen molar-refractivity contribution in [2.45, 2.75) is 31.0 Å². The van der Waals surface area contributed by atoms with Gasteiger partial charge in [-0.25, -0.2) is 4.79 Å². The molecule has 0 aliphatic carbocycles. The zero-order chi connectivity index (χ0) is 23.6. The van der Waals surface area contributed by atoms with Gasteiger partial charge in [0, 0.05) is 25.7 Å². The lowest BCUT2D eigenvalue weighted by Crippen LogP contribution is -2.48. The van der Waals surface area contributed by atoms with Gasteiger partial charge in [-0.05, 0) is 37.1 Å². The minimum absolute atomic E-state index is 0.240. The van der Waals surface area contributed by atoms with Gasteiger partial charge in [-0.1, -0.05) is 30.3 Å². The Balaban J connectivity index is 1.65. The topological polar surface area (TPSA) is 91.6 Å². The molecule has 8 nitrogen and oxygen atoms in total. The van der Waals surface area contributed by atoms with Crippen LogP contribution in [-0.4, -0.2) is 51.6 Å². The van der Waals surface area contributed by atoms with E-state index in [0.29, 0.717) is 43.0 Å². The lowest BCUT2D eigenvalue weighted by atomic mass is 9.93. The molecule has 0 radical (unpaired) electrons. The Morgan fingerprint density at radius 3 is 2.58 bits per heavy atom. The molecular formula is C22H23F3N6O2. The van der Waals surface area contributed by atoms with Crippen LogP contribution in [0.15, 0.2) is 48.7 Å². The number of nitrogens with one attached hydrogen (secondary N) is 2. The Labute approximate surface area is 187 Å². The van der Waals surface area contributed by atoms with Crippen molar-refractivity contribution in [1.82, 2.24) is 30.1 Å². The van der Waals surface area contributed by atoms with Crippen molar-refractivity contribution >= 4 is 17.6 Å². The molecule has 2 N–H and O–H groups in total. The summed E-state index contributed by atoms with van der Waals surface area (Å²) in [5, 5.41) is 12.9. The number of benzene rings is 1. The average Bonchev–Trinajstić information content (AvgIpc) is 3.23. The number of piperidine rings is 1. The van der Waals surface area contributed by atoms with Crippen LogP contribution < -0.4 is 10.6 Å². The first kappa shape index (κ1) is 22.7. The Morgan fingerprint density at radius 2 is 1.88 bits per heavy atom. The largest absolute Gasteiger partial charge is 0.417 e. The second-order valence-electron chi connectivity index (χ2n) is 7.92. The summed E-state index contributed by atoms with van der Waals surface area (Å²) in [5.74, 6) is -0.303. The zero-order valence-corrected chi connectivity index (χ0v) is 17.8. The number of amides is 3. The maximum atomic E-state index is 13.2. The molecule has 0 saturated carbocycles. The number of fused-ring (bicyclic) bond motifs is 1. The van der Waals surface area contributed by atoms with Gasteiger partial charge in [0.25, 0.3) is 0 Å². The highest BCUT2D eigenvalue weighted by molar-refractivity contribution is 5.97. The van der Waals surface area contributed by atoms with E-state index < -0.39 is 29.7 Å². The Hall–Kier alpha value is -3.47. The highest BCUT2D eigenvalue weighted by atomic mass is 19.4. The highest BCUT2D eigenvalue weighted by Crippen LogP contribution is 2.34. The monoisotopic (exact) mass is 460 g/mol. The van der Waals surface area contributed by atoms with Gasteiger partial charge in [0.1, 0.15) is 11.9 Å². The molecule has 3 amide bonds. The molecule has 1 fully saturated rings. The third-order valence-corrected chi connectivity index (χ3v) is 5.77. The number of nitrogens with zero attached hydrogens (tertiary/aromatic N) is 4. The van der Waals surface area contributed by atoms with Crippen LogP contribution >= 0.6 is 0 Å². The van der Waals surface area contributed by atoms with Crippen molar-refractivity contribution in [3.8, 4) is 0 Å². The van der Waals surface area contributed by atoms with E-state index in [1.165, 1.54) is 17.5 Å². The molecule has 0 spiro atoms. The molecule has 4 rings (SSSR count). The quantitative estimate of drug-likeness (QED) is 0.624. The molecule has 11 heteroatoms. The number of halogens is 3. The number of urea groups is 1. The number of carbonyl (C=O) groups excluding carboxylic acids is 2. The predicted octanol–water partition coefficient (Wildman–Crippen LogP) is 3.12. The van der Waals surface area contributed by atoms with E-state index in [2.05, 4.69) is 20.8 Å². The fourth-order valence-corrected chi connectivity index (χ4v) is 4.21. The van der Waals surface area contributed by atoms with Gasteiger partial charge in [0.15, 0.2) is 5.65 Å². The maximum Gasteiger partial charge on any atom is 0.417 e. The number of likely N-dealkylation sites (tertiary alicyclic amines) is 1. The molecule has 1 aliphatic heterocycles. The van der Waals surface area contributed by atoms with Gasteiger partial charge >= 0.3 is 12.2 Å². The fourth-order valence-electron chi connectivity index (χ4n) is 4.21. The van der Waals surface area contributed by atoms with Crippen LogP contribution in [0.4, 0.5) is 18.0 Å². The summed E-state index contributed by atoms with van der Waals surface area (Å²) in [5.41, 5.74) is 0.257. The smallest absolute Gasteiger partial charge is 0.341 e. The van der Waals surface area contributed by atoms with Crippen LogP contribution in [0.2, 0.25) is 0 Å². The molecule has 0 bridgehead atoms. The second kappa shape index (κ2) is 9.18. The van der Waals surface area contributed by atoms with Gasteiger partial charge in [-0.3, -0.25) is 19.4 Å². The number of pyridine rings is 1. The summed E-state index contributed by atoms with van der Waals surface area (Å²) in [6.45, 7) is 0.958. The molecule has 3 heterocycles. The van der Waals surface area contributed by atoms with E-state index in [1.54, 1.807) is 12.1 Å². The summed E-state index contributed by atoms with van der Waals surface area (Å²) in [6, 6.07) is 9.98. The van der Waals surface area contributed by atoms with Gasteiger partial charge in [0.2, 0.25) is 5.91 Å². The first-order valence-electron chi connectivity index (χ1n) is 10.5. The van der Waals surface area contributed by atoms with Crippen molar-refractivity contribution in [3.63, 3.8) is 0 Å². The molecule has 1 aliphatic rings. The van der Waals surface area contributed by atoms with E-state index in [1.807, 2.05) is 23.1 Å². The normalized spacial score (nSPS) is 18.1. The first-order valence-corrected chi connectivity index (χ1v) is 10.5. The number of rotatable bonds is 4. The minimum atomic E-state index is -4.48. The lowest BCUT2D eigenvalue weighted by Gasteiger charge is -2.37. The van der Waals surface area contributed by atoms with Crippen LogP contribution in [0.5, 0.6) is 0 Å². The van der Waals surface area contributed by atoms with Crippen LogP contribution in [0.1, 0.15) is 41.8 Å². The maximum absolute atomic E-state index is 13.2. The SMILES string of the molecule is CNC(=O)NC(=O)[C@H](c1ccccc1)N1CCC[C@@H](c2nnc3ccc(C(F)(F)F)cn23)C1. The lowest BCUT2D eigenvalue weighted by molar-refractivity contribution is -0.138. The number of alkyl halides is 3. The minimum Gasteiger partial charge on any atom is -0.341 e. The molecule has 2 aromatic heterocycles. The molecule has 1 aromatic carbocycles. The van der Waals surface area contributed by atoms with Crippen molar-refractivity contribution < 1.29 is 22.8 Å². The molecular weight excluding hydrogens is 437 g/mol. The van der Waals surface area contributed by atoms with Gasteiger partial charge in [0.05, 0.1) is 5.56 Å². The first-order chi connectivity index (χ1) is 15.8. The van der Waals surface area contributed by atoms with E-state index in [4.69, 9.17) is 0 Å². The third-order valence-electron chi connectivity index (χ3n) is 5.77. The summed E-state index contributed by atoms with van der Waals surface area (Å²) < 4.78 is 41.1. The molecule has 0 unspecified atom stereocenters. The van der Waals surface area contributed by atoms with Gasteiger partial charge in [-0.2, -0.15) is 13.2 Å². The van der Waals surface area contributed by atoms with Crippen molar-refractivity contribution in [2.24, 2.45) is 0 Å². The van der Waals surface area contributed by atoms with Crippen LogP contribution in [0.3, 0.4) is 0 Å². The summed E-state index contributed by atoms with van der Waals surface area (Å²) in [6.07, 6.45) is -2.08. The van der Waals surface area contributed by atoms with E-state index >= 15 is 0 Å². The highest BCUT2D eigenvalue weighted by Gasteiger charge is 2.35. The summed E-state index contributed by atoms with van der Waals surface area (Å²) >= 11 is 0. The van der Waals surface area contributed by atoms with Gasteiger partial charge in [-0.15, -0.1) is 10.2 Å². The summed E-state index contributed by atoms with van der Waals surface area (Å²) in [7, 11) is 1.42. The van der Waals surface area contributed by atoms with Crippen molar-refractivity contribution in [2.75, 3.05) is 20.1 Å². The van der Waals surface area contributed by atoms with Crippen molar-refractivity contribution in [3.05, 3.63) is 65.6 Å². The number of hydrogen-bond acceptors (Lipinski definition) is 5. The predicted molar refractivity (Wildman–Crippen MR) is 113 cm³/mol. The number of carbonyl (C=O) groups is 2. The number of hydrogen-bond donors (Lipinski definition) is 2. The summed E-state index contributed by atoms with van der Waals surface area (Å²) in [4.78, 5) is 26.7. The Bertz CT molecular complexity index is 1150. The Morgan fingerprint density at radius 1 is 1.12 bits per heavy atom. The molecule has 33 heavy (non-hydrogen) atoms. The van der Waals surface area contributed by atoms with Gasteiger partial charge < -0.3 is 5.32 Å². The average molecular weight is 460 g/mol. The number of aromatic nitrogens is 3.